The molecule has 3 nitrogen and oxygen atoms in total. The topological polar surface area (TPSA) is 38.7 Å². The number of methoxy groups -OCH3 is 1. The minimum absolute atomic E-state index is 0.0138. The molecule has 0 aromatic carbocycles. The van der Waals surface area contributed by atoms with Gasteiger partial charge in [-0.1, -0.05) is 0 Å². The second kappa shape index (κ2) is 3.91. The van der Waals surface area contributed by atoms with Crippen molar-refractivity contribution in [2.75, 3.05) is 13.9 Å². The molecule has 0 radical (unpaired) electrons. The molecular formula is C7H14O3. The Morgan fingerprint density at radius 1 is 1.50 bits per heavy atom. The van der Waals surface area contributed by atoms with Crippen LogP contribution in [0.3, 0.4) is 0 Å². The SMILES string of the molecule is COCO[C@H]1CCC[C@H]1O. The van der Waals surface area contributed by atoms with Crippen LogP contribution >= 0.6 is 0 Å². The largest absolute Gasteiger partial charge is 0.390 e. The van der Waals surface area contributed by atoms with E-state index < -0.39 is 0 Å². The van der Waals surface area contributed by atoms with Crippen LogP contribution in [0.5, 0.6) is 0 Å². The first-order valence-corrected chi connectivity index (χ1v) is 3.63. The molecule has 0 heterocycles. The molecule has 1 rings (SSSR count). The predicted octanol–water partition coefficient (Wildman–Crippen LogP) is 0.520. The first kappa shape index (κ1) is 7.98. The lowest BCUT2D eigenvalue weighted by Crippen LogP contribution is -2.23. The molecule has 1 aliphatic carbocycles. The fraction of sp³-hybridized carbons (Fsp3) is 1.00. The summed E-state index contributed by atoms with van der Waals surface area (Å²) in [5.74, 6) is 0. The molecule has 0 unspecified atom stereocenters. The lowest BCUT2D eigenvalue weighted by molar-refractivity contribution is -0.101. The molecule has 3 heteroatoms. The van der Waals surface area contributed by atoms with Gasteiger partial charge < -0.3 is 14.6 Å². The van der Waals surface area contributed by atoms with Crippen LogP contribution in [0.2, 0.25) is 0 Å². The van der Waals surface area contributed by atoms with Crippen molar-refractivity contribution in [3.8, 4) is 0 Å². The van der Waals surface area contributed by atoms with Crippen LogP contribution < -0.4 is 0 Å². The van der Waals surface area contributed by atoms with Crippen molar-refractivity contribution >= 4 is 0 Å². The van der Waals surface area contributed by atoms with Gasteiger partial charge in [-0.2, -0.15) is 0 Å². The van der Waals surface area contributed by atoms with Crippen molar-refractivity contribution < 1.29 is 14.6 Å². The van der Waals surface area contributed by atoms with E-state index in [1.165, 1.54) is 0 Å². The van der Waals surface area contributed by atoms with Crippen molar-refractivity contribution in [1.82, 2.24) is 0 Å². The van der Waals surface area contributed by atoms with Gasteiger partial charge in [0.05, 0.1) is 12.2 Å². The van der Waals surface area contributed by atoms with E-state index in [0.29, 0.717) is 6.79 Å². The zero-order valence-corrected chi connectivity index (χ0v) is 6.25. The number of hydrogen-bond donors (Lipinski definition) is 1. The third-order valence-electron chi connectivity index (χ3n) is 1.82. The average Bonchev–Trinajstić information content (AvgIpc) is 2.31. The second-order valence-corrected chi connectivity index (χ2v) is 2.61. The molecule has 0 spiro atoms. The molecule has 1 fully saturated rings. The van der Waals surface area contributed by atoms with Gasteiger partial charge in [-0.05, 0) is 19.3 Å². The Bertz CT molecular complexity index is 94.9. The monoisotopic (exact) mass is 146 g/mol. The fourth-order valence-electron chi connectivity index (χ4n) is 1.26. The highest BCUT2D eigenvalue weighted by Gasteiger charge is 2.25. The Hall–Kier alpha value is -0.120. The maximum atomic E-state index is 9.24. The summed E-state index contributed by atoms with van der Waals surface area (Å²) >= 11 is 0. The summed E-state index contributed by atoms with van der Waals surface area (Å²) in [5.41, 5.74) is 0. The van der Waals surface area contributed by atoms with Crippen molar-refractivity contribution in [1.29, 1.82) is 0 Å². The van der Waals surface area contributed by atoms with Gasteiger partial charge in [-0.3, -0.25) is 0 Å². The highest BCUT2D eigenvalue weighted by Crippen LogP contribution is 2.21. The van der Waals surface area contributed by atoms with E-state index >= 15 is 0 Å². The summed E-state index contributed by atoms with van der Waals surface area (Å²) in [6.45, 7) is 0.293. The van der Waals surface area contributed by atoms with E-state index in [0.717, 1.165) is 19.3 Å². The van der Waals surface area contributed by atoms with Crippen molar-refractivity contribution in [3.63, 3.8) is 0 Å². The Balaban J connectivity index is 2.14. The van der Waals surface area contributed by atoms with Crippen molar-refractivity contribution in [2.45, 2.75) is 31.5 Å². The smallest absolute Gasteiger partial charge is 0.146 e. The van der Waals surface area contributed by atoms with Gasteiger partial charge in [0.1, 0.15) is 6.79 Å². The van der Waals surface area contributed by atoms with Gasteiger partial charge in [0.15, 0.2) is 0 Å². The second-order valence-electron chi connectivity index (χ2n) is 2.61. The summed E-state index contributed by atoms with van der Waals surface area (Å²) in [7, 11) is 1.58. The van der Waals surface area contributed by atoms with Gasteiger partial charge in [0.25, 0.3) is 0 Å². The molecule has 1 saturated carbocycles. The Morgan fingerprint density at radius 3 is 2.80 bits per heavy atom. The third-order valence-corrected chi connectivity index (χ3v) is 1.82. The van der Waals surface area contributed by atoms with E-state index in [2.05, 4.69) is 0 Å². The van der Waals surface area contributed by atoms with Crippen molar-refractivity contribution in [3.05, 3.63) is 0 Å². The number of rotatable bonds is 3. The van der Waals surface area contributed by atoms with E-state index in [1.807, 2.05) is 0 Å². The number of ether oxygens (including phenoxy) is 2. The van der Waals surface area contributed by atoms with E-state index in [9.17, 15) is 5.11 Å². The molecule has 0 aliphatic heterocycles. The van der Waals surface area contributed by atoms with Crippen LogP contribution in [-0.2, 0) is 9.47 Å². The quantitative estimate of drug-likeness (QED) is 0.590. The molecule has 0 aromatic rings. The van der Waals surface area contributed by atoms with Crippen LogP contribution in [0.4, 0.5) is 0 Å². The van der Waals surface area contributed by atoms with Gasteiger partial charge >= 0.3 is 0 Å². The third kappa shape index (κ3) is 1.94. The van der Waals surface area contributed by atoms with Gasteiger partial charge in [0.2, 0.25) is 0 Å². The molecule has 60 valence electrons. The molecule has 0 saturated heterocycles. The van der Waals surface area contributed by atoms with Gasteiger partial charge in [-0.25, -0.2) is 0 Å². The summed E-state index contributed by atoms with van der Waals surface area (Å²) in [4.78, 5) is 0. The molecule has 1 aliphatic rings. The first-order chi connectivity index (χ1) is 4.84. The standard InChI is InChI=1S/C7H14O3/c1-9-5-10-7-4-2-3-6(7)8/h6-8H,2-5H2,1H3/t6-,7+/m1/s1. The predicted molar refractivity (Wildman–Crippen MR) is 36.6 cm³/mol. The minimum atomic E-state index is -0.268. The maximum Gasteiger partial charge on any atom is 0.146 e. The van der Waals surface area contributed by atoms with Crippen molar-refractivity contribution in [2.24, 2.45) is 0 Å². The number of hydrogen-bond acceptors (Lipinski definition) is 3. The van der Waals surface area contributed by atoms with Crippen LogP contribution in [0.25, 0.3) is 0 Å². The molecule has 0 bridgehead atoms. The Morgan fingerprint density at radius 2 is 2.30 bits per heavy atom. The van der Waals surface area contributed by atoms with Crippen LogP contribution in [-0.4, -0.2) is 31.2 Å². The zero-order chi connectivity index (χ0) is 7.40. The summed E-state index contributed by atoms with van der Waals surface area (Å²) in [5, 5.41) is 9.24. The lowest BCUT2D eigenvalue weighted by Gasteiger charge is -2.13. The van der Waals surface area contributed by atoms with Crippen LogP contribution in [0.15, 0.2) is 0 Å². The summed E-state index contributed by atoms with van der Waals surface area (Å²) in [6.07, 6.45) is 2.64. The van der Waals surface area contributed by atoms with Crippen LogP contribution in [0.1, 0.15) is 19.3 Å². The van der Waals surface area contributed by atoms with Crippen LogP contribution in [0, 0.1) is 0 Å². The molecule has 10 heavy (non-hydrogen) atoms. The molecule has 1 N–H and O–H groups in total. The fourth-order valence-corrected chi connectivity index (χ4v) is 1.26. The summed E-state index contributed by atoms with van der Waals surface area (Å²) < 4.78 is 9.91. The van der Waals surface area contributed by atoms with E-state index in [4.69, 9.17) is 9.47 Å². The van der Waals surface area contributed by atoms with E-state index in [1.54, 1.807) is 7.11 Å². The lowest BCUT2D eigenvalue weighted by atomic mass is 10.3. The number of aliphatic hydroxyl groups excluding tert-OH is 1. The van der Waals surface area contributed by atoms with Gasteiger partial charge in [-0.15, -0.1) is 0 Å². The number of aliphatic hydroxyl groups is 1. The first-order valence-electron chi connectivity index (χ1n) is 3.63. The van der Waals surface area contributed by atoms with E-state index in [-0.39, 0.29) is 12.2 Å². The summed E-state index contributed by atoms with van der Waals surface area (Å²) in [6, 6.07) is 0. The Labute approximate surface area is 60.9 Å². The zero-order valence-electron chi connectivity index (χ0n) is 6.25. The molecule has 0 aromatic heterocycles. The highest BCUT2D eigenvalue weighted by molar-refractivity contribution is 4.76. The average molecular weight is 146 g/mol. The molecular weight excluding hydrogens is 132 g/mol. The molecule has 2 atom stereocenters. The Kier molecular flexibility index (Phi) is 3.12. The van der Waals surface area contributed by atoms with Gasteiger partial charge in [0, 0.05) is 7.11 Å². The highest BCUT2D eigenvalue weighted by atomic mass is 16.7. The minimum Gasteiger partial charge on any atom is -0.390 e. The normalized spacial score (nSPS) is 33.0. The molecule has 0 amide bonds. The maximum absolute atomic E-state index is 9.24.